The molecule has 0 bridgehead atoms. The lowest BCUT2D eigenvalue weighted by Crippen LogP contribution is -2.11. The van der Waals surface area contributed by atoms with E-state index in [1.54, 1.807) is 12.1 Å². The van der Waals surface area contributed by atoms with Gasteiger partial charge in [-0.15, -0.1) is 0 Å². The number of benzene rings is 2. The molecule has 0 fully saturated rings. The van der Waals surface area contributed by atoms with Crippen molar-refractivity contribution in [3.05, 3.63) is 85.0 Å². The lowest BCUT2D eigenvalue weighted by molar-refractivity contribution is 0.486. The lowest BCUT2D eigenvalue weighted by atomic mass is 10.1. The highest BCUT2D eigenvalue weighted by atomic mass is 32.2. The molecule has 4 aromatic rings. The Kier molecular flexibility index (Phi) is 5.33. The van der Waals surface area contributed by atoms with Crippen molar-refractivity contribution in [2.24, 2.45) is 5.14 Å². The van der Waals surface area contributed by atoms with E-state index in [0.29, 0.717) is 18.1 Å². The molecule has 2 N–H and O–H groups in total. The van der Waals surface area contributed by atoms with E-state index in [-0.39, 0.29) is 4.90 Å². The van der Waals surface area contributed by atoms with Gasteiger partial charge in [-0.25, -0.2) is 18.5 Å². The molecule has 4 rings (SSSR count). The number of sulfonamides is 1. The molecule has 0 amide bonds. The predicted octanol–water partition coefficient (Wildman–Crippen LogP) is 4.09. The number of aryl methyl sites for hydroxylation is 2. The normalized spacial score (nSPS) is 11.6. The Bertz CT molecular complexity index is 1180. The van der Waals surface area contributed by atoms with E-state index >= 15 is 0 Å². The van der Waals surface area contributed by atoms with Crippen molar-refractivity contribution in [2.45, 2.75) is 24.3 Å². The van der Waals surface area contributed by atoms with Crippen molar-refractivity contribution in [1.29, 1.82) is 0 Å². The summed E-state index contributed by atoms with van der Waals surface area (Å²) in [6, 6.07) is 20.1. The number of hydrogen-bond acceptors (Lipinski definition) is 4. The number of aromatic nitrogens is 2. The van der Waals surface area contributed by atoms with Gasteiger partial charge in [0.1, 0.15) is 5.69 Å². The Balaban J connectivity index is 1.65. The smallest absolute Gasteiger partial charge is 0.238 e. The topological polar surface area (TPSA) is 91.1 Å². The summed E-state index contributed by atoms with van der Waals surface area (Å²) in [6.45, 7) is 0.883. The molecule has 7 heteroatoms. The first-order chi connectivity index (χ1) is 14.0. The molecule has 148 valence electrons. The van der Waals surface area contributed by atoms with Crippen molar-refractivity contribution in [2.75, 3.05) is 0 Å². The molecule has 0 spiro atoms. The maximum absolute atomic E-state index is 11.5. The first-order valence-electron chi connectivity index (χ1n) is 9.30. The highest BCUT2D eigenvalue weighted by Crippen LogP contribution is 2.33. The van der Waals surface area contributed by atoms with E-state index in [0.717, 1.165) is 29.8 Å². The summed E-state index contributed by atoms with van der Waals surface area (Å²) >= 11 is 0. The average molecular weight is 407 g/mol. The summed E-state index contributed by atoms with van der Waals surface area (Å²) in [5.74, 6) is 1.27. The van der Waals surface area contributed by atoms with Gasteiger partial charge in [-0.2, -0.15) is 0 Å². The molecule has 2 aromatic heterocycles. The van der Waals surface area contributed by atoms with Crippen LogP contribution in [-0.4, -0.2) is 18.0 Å². The molecule has 0 saturated carbocycles. The van der Waals surface area contributed by atoms with E-state index in [4.69, 9.17) is 14.5 Å². The highest BCUT2D eigenvalue weighted by Gasteiger charge is 2.17. The number of oxazole rings is 1. The van der Waals surface area contributed by atoms with E-state index in [1.807, 2.05) is 54.9 Å². The van der Waals surface area contributed by atoms with Gasteiger partial charge in [0.2, 0.25) is 10.0 Å². The Morgan fingerprint density at radius 1 is 0.897 bits per heavy atom. The number of nitrogens with zero attached hydrogens (tertiary/aromatic N) is 2. The largest absolute Gasteiger partial charge is 0.440 e. The van der Waals surface area contributed by atoms with Crippen LogP contribution < -0.4 is 5.14 Å². The highest BCUT2D eigenvalue weighted by molar-refractivity contribution is 7.89. The third-order valence-corrected chi connectivity index (χ3v) is 5.57. The van der Waals surface area contributed by atoms with Gasteiger partial charge in [0.25, 0.3) is 0 Å². The van der Waals surface area contributed by atoms with Crippen LogP contribution in [0.4, 0.5) is 0 Å². The second-order valence-corrected chi connectivity index (χ2v) is 8.31. The molecule has 0 unspecified atom stereocenters. The molecule has 0 atom stereocenters. The second kappa shape index (κ2) is 8.06. The third-order valence-electron chi connectivity index (χ3n) is 4.64. The van der Waals surface area contributed by atoms with E-state index in [9.17, 15) is 8.42 Å². The number of hydrogen-bond donors (Lipinski definition) is 1. The van der Waals surface area contributed by atoms with Gasteiger partial charge in [0, 0.05) is 36.5 Å². The van der Waals surface area contributed by atoms with Gasteiger partial charge >= 0.3 is 0 Å². The fourth-order valence-corrected chi connectivity index (χ4v) is 3.70. The van der Waals surface area contributed by atoms with Crippen molar-refractivity contribution in [3.8, 4) is 22.6 Å². The second-order valence-electron chi connectivity index (χ2n) is 6.75. The maximum Gasteiger partial charge on any atom is 0.238 e. The van der Waals surface area contributed by atoms with Crippen molar-refractivity contribution < 1.29 is 12.8 Å². The molecule has 6 nitrogen and oxygen atoms in total. The third kappa shape index (κ3) is 4.47. The molecule has 0 saturated heterocycles. The maximum atomic E-state index is 11.5. The van der Waals surface area contributed by atoms with Gasteiger partial charge < -0.3 is 8.98 Å². The quantitative estimate of drug-likeness (QED) is 0.499. The van der Waals surface area contributed by atoms with E-state index in [2.05, 4.69) is 4.57 Å². The Labute approximate surface area is 169 Å². The van der Waals surface area contributed by atoms with Crippen LogP contribution in [0.2, 0.25) is 0 Å². The van der Waals surface area contributed by atoms with E-state index in [1.165, 1.54) is 12.1 Å². The molecule has 0 aliphatic rings. The Morgan fingerprint density at radius 2 is 1.59 bits per heavy atom. The summed E-state index contributed by atoms with van der Waals surface area (Å²) in [5.41, 5.74) is 2.43. The zero-order valence-electron chi connectivity index (χ0n) is 15.7. The van der Waals surface area contributed by atoms with Crippen molar-refractivity contribution in [1.82, 2.24) is 9.55 Å². The van der Waals surface area contributed by atoms with Crippen LogP contribution in [0.1, 0.15) is 12.3 Å². The van der Waals surface area contributed by atoms with Gasteiger partial charge in [0.15, 0.2) is 11.7 Å². The molecular weight excluding hydrogens is 386 g/mol. The number of rotatable bonds is 7. The minimum absolute atomic E-state index is 0.0639. The summed E-state index contributed by atoms with van der Waals surface area (Å²) < 4.78 is 31.3. The predicted molar refractivity (Wildman–Crippen MR) is 112 cm³/mol. The van der Waals surface area contributed by atoms with E-state index < -0.39 is 10.0 Å². The van der Waals surface area contributed by atoms with Crippen LogP contribution in [0.25, 0.3) is 22.6 Å². The first-order valence-corrected chi connectivity index (χ1v) is 10.8. The molecule has 0 aliphatic heterocycles. The molecule has 0 radical (unpaired) electrons. The van der Waals surface area contributed by atoms with Crippen LogP contribution in [-0.2, 0) is 23.0 Å². The van der Waals surface area contributed by atoms with Crippen LogP contribution in [0.15, 0.2) is 88.4 Å². The fraction of sp³-hybridized carbons (Fsp3) is 0.136. The summed E-state index contributed by atoms with van der Waals surface area (Å²) in [4.78, 5) is 4.79. The zero-order valence-corrected chi connectivity index (χ0v) is 16.5. The van der Waals surface area contributed by atoms with Crippen LogP contribution >= 0.6 is 0 Å². The van der Waals surface area contributed by atoms with Crippen molar-refractivity contribution in [3.63, 3.8) is 0 Å². The van der Waals surface area contributed by atoms with Crippen LogP contribution in [0, 0.1) is 0 Å². The van der Waals surface area contributed by atoms with Gasteiger partial charge in [-0.1, -0.05) is 30.3 Å². The molecule has 2 heterocycles. The molecule has 2 aromatic carbocycles. The van der Waals surface area contributed by atoms with Crippen molar-refractivity contribution >= 4 is 10.0 Å². The Morgan fingerprint density at radius 3 is 2.24 bits per heavy atom. The zero-order chi connectivity index (χ0) is 20.3. The minimum atomic E-state index is -3.74. The number of nitrogens with two attached hydrogens (primary N) is 1. The Hall–Kier alpha value is -3.16. The van der Waals surface area contributed by atoms with Gasteiger partial charge in [-0.05, 0) is 42.8 Å². The summed E-state index contributed by atoms with van der Waals surface area (Å²) in [5, 5.41) is 5.20. The summed E-state index contributed by atoms with van der Waals surface area (Å²) in [6.07, 6.45) is 5.66. The van der Waals surface area contributed by atoms with Crippen LogP contribution in [0.5, 0.6) is 0 Å². The molecular formula is C22H21N3O3S. The standard InChI is InChI=1S/C22H21N3O3S/c23-29(26,27)19-12-10-18(11-13-19)22-21(17-7-2-1-3-8-17)24-20(28-22)9-6-16-25-14-4-5-15-25/h1-5,7-8,10-15H,6,9,16H2,(H2,23,26,27). The number of primary sulfonamides is 1. The fourth-order valence-electron chi connectivity index (χ4n) is 3.19. The van der Waals surface area contributed by atoms with Gasteiger partial charge in [0.05, 0.1) is 4.90 Å². The van der Waals surface area contributed by atoms with Gasteiger partial charge in [-0.3, -0.25) is 0 Å². The van der Waals surface area contributed by atoms with Crippen LogP contribution in [0.3, 0.4) is 0 Å². The molecule has 29 heavy (non-hydrogen) atoms. The minimum Gasteiger partial charge on any atom is -0.440 e. The average Bonchev–Trinajstić information content (AvgIpc) is 3.38. The lowest BCUT2D eigenvalue weighted by Gasteiger charge is -2.03. The first kappa shape index (κ1) is 19.2. The monoisotopic (exact) mass is 407 g/mol. The summed E-state index contributed by atoms with van der Waals surface area (Å²) in [7, 11) is -3.74. The SMILES string of the molecule is NS(=O)(=O)c1ccc(-c2oc(CCCn3cccc3)nc2-c2ccccc2)cc1. The molecule has 0 aliphatic carbocycles.